The Morgan fingerprint density at radius 2 is 1.77 bits per heavy atom. The van der Waals surface area contributed by atoms with Gasteiger partial charge in [0.05, 0.1) is 0 Å². The molecule has 3 fully saturated rings. The number of ether oxygens (including phenoxy) is 1. The van der Waals surface area contributed by atoms with E-state index in [0.717, 1.165) is 76.2 Å². The fourth-order valence-corrected chi connectivity index (χ4v) is 4.07. The Hall–Kier alpha value is -1.89. The van der Waals surface area contributed by atoms with E-state index >= 15 is 0 Å². The highest BCUT2D eigenvalue weighted by atomic mass is 16.5. The molecule has 3 saturated heterocycles. The molecular weight excluding hydrogens is 330 g/mol. The first kappa shape index (κ1) is 17.5. The molecule has 1 atom stereocenters. The number of carbonyl (C=O) groups is 1. The molecule has 4 heterocycles. The van der Waals surface area contributed by atoms with Crippen LogP contribution in [0.2, 0.25) is 0 Å². The molecule has 0 spiro atoms. The topological polar surface area (TPSA) is 61.8 Å². The van der Waals surface area contributed by atoms with E-state index in [-0.39, 0.29) is 12.0 Å². The van der Waals surface area contributed by atoms with Gasteiger partial charge in [-0.05, 0) is 39.0 Å². The van der Waals surface area contributed by atoms with Crippen LogP contribution < -0.4 is 9.80 Å². The minimum absolute atomic E-state index is 0.162. The average molecular weight is 359 g/mol. The quantitative estimate of drug-likeness (QED) is 0.817. The summed E-state index contributed by atoms with van der Waals surface area (Å²) in [6, 6.07) is 2.06. The van der Waals surface area contributed by atoms with Gasteiger partial charge in [0, 0.05) is 57.6 Å². The molecule has 1 amide bonds. The molecule has 0 aliphatic carbocycles. The Labute approximate surface area is 155 Å². The van der Waals surface area contributed by atoms with Crippen LogP contribution in [0.25, 0.3) is 0 Å². The number of aromatic nitrogens is 2. The van der Waals surface area contributed by atoms with E-state index in [4.69, 9.17) is 9.72 Å². The number of hydrogen-bond donors (Lipinski definition) is 0. The van der Waals surface area contributed by atoms with Gasteiger partial charge in [0.15, 0.2) is 0 Å². The molecule has 0 unspecified atom stereocenters. The van der Waals surface area contributed by atoms with Crippen LogP contribution in [-0.2, 0) is 9.53 Å². The van der Waals surface area contributed by atoms with E-state index in [2.05, 4.69) is 20.9 Å². The predicted octanol–water partition coefficient (Wildman–Crippen LogP) is 1.60. The summed E-state index contributed by atoms with van der Waals surface area (Å²) >= 11 is 0. The zero-order chi connectivity index (χ0) is 17.9. The monoisotopic (exact) mass is 359 g/mol. The second kappa shape index (κ2) is 7.78. The zero-order valence-electron chi connectivity index (χ0n) is 15.7. The van der Waals surface area contributed by atoms with Crippen molar-refractivity contribution in [1.29, 1.82) is 0 Å². The first-order chi connectivity index (χ1) is 12.7. The van der Waals surface area contributed by atoms with Crippen LogP contribution in [0, 0.1) is 6.92 Å². The highest BCUT2D eigenvalue weighted by Crippen LogP contribution is 2.22. The van der Waals surface area contributed by atoms with Crippen LogP contribution in [0.5, 0.6) is 0 Å². The van der Waals surface area contributed by atoms with Crippen molar-refractivity contribution < 1.29 is 9.53 Å². The third kappa shape index (κ3) is 3.77. The molecule has 3 aliphatic rings. The minimum Gasteiger partial charge on any atom is -0.368 e. The summed E-state index contributed by atoms with van der Waals surface area (Å²) in [6.45, 7) is 7.95. The van der Waals surface area contributed by atoms with E-state index in [0.29, 0.717) is 0 Å². The van der Waals surface area contributed by atoms with Gasteiger partial charge in [-0.3, -0.25) is 4.79 Å². The molecule has 7 heteroatoms. The van der Waals surface area contributed by atoms with Gasteiger partial charge in [0.25, 0.3) is 5.91 Å². The molecule has 4 rings (SSSR count). The van der Waals surface area contributed by atoms with Gasteiger partial charge in [-0.1, -0.05) is 0 Å². The van der Waals surface area contributed by atoms with Crippen molar-refractivity contribution in [2.75, 3.05) is 55.7 Å². The molecule has 3 aliphatic heterocycles. The van der Waals surface area contributed by atoms with Crippen molar-refractivity contribution in [2.24, 2.45) is 0 Å². The molecular formula is C19H29N5O2. The van der Waals surface area contributed by atoms with Crippen molar-refractivity contribution in [3.05, 3.63) is 11.8 Å². The molecule has 0 saturated carbocycles. The van der Waals surface area contributed by atoms with Gasteiger partial charge in [-0.25, -0.2) is 4.98 Å². The zero-order valence-corrected chi connectivity index (χ0v) is 15.7. The first-order valence-corrected chi connectivity index (χ1v) is 9.97. The third-order valence-corrected chi connectivity index (χ3v) is 5.59. The van der Waals surface area contributed by atoms with Gasteiger partial charge in [-0.2, -0.15) is 4.98 Å². The number of carbonyl (C=O) groups excluding carboxylic acids is 1. The normalized spacial score (nSPS) is 24.2. The molecule has 0 N–H and O–H groups in total. The molecule has 1 aromatic heterocycles. The van der Waals surface area contributed by atoms with Gasteiger partial charge in [0.1, 0.15) is 11.9 Å². The highest BCUT2D eigenvalue weighted by molar-refractivity contribution is 5.81. The minimum atomic E-state index is -0.214. The fraction of sp³-hybridized carbons (Fsp3) is 0.737. The van der Waals surface area contributed by atoms with Crippen molar-refractivity contribution in [2.45, 2.75) is 45.1 Å². The molecule has 0 bridgehead atoms. The van der Waals surface area contributed by atoms with Crippen LogP contribution in [0.4, 0.5) is 11.8 Å². The van der Waals surface area contributed by atoms with Crippen LogP contribution in [0.3, 0.4) is 0 Å². The number of rotatable bonds is 3. The fourth-order valence-electron chi connectivity index (χ4n) is 4.07. The number of piperazine rings is 1. The van der Waals surface area contributed by atoms with E-state index in [9.17, 15) is 4.79 Å². The maximum absolute atomic E-state index is 12.5. The Morgan fingerprint density at radius 3 is 2.46 bits per heavy atom. The molecule has 1 aromatic rings. The molecule has 7 nitrogen and oxygen atoms in total. The van der Waals surface area contributed by atoms with Crippen LogP contribution in [-0.4, -0.2) is 72.8 Å². The SMILES string of the molecule is Cc1cc(N2CCN(C(=O)[C@@H]3CCCO3)CC2)nc(N2CCCCC2)n1. The third-order valence-electron chi connectivity index (χ3n) is 5.59. The first-order valence-electron chi connectivity index (χ1n) is 9.97. The van der Waals surface area contributed by atoms with Crippen LogP contribution in [0.15, 0.2) is 6.07 Å². The van der Waals surface area contributed by atoms with Gasteiger partial charge < -0.3 is 19.4 Å². The summed E-state index contributed by atoms with van der Waals surface area (Å²) < 4.78 is 5.55. The van der Waals surface area contributed by atoms with Crippen molar-refractivity contribution in [3.63, 3.8) is 0 Å². The predicted molar refractivity (Wildman–Crippen MR) is 101 cm³/mol. The lowest BCUT2D eigenvalue weighted by atomic mass is 10.1. The molecule has 26 heavy (non-hydrogen) atoms. The van der Waals surface area contributed by atoms with Crippen LogP contribution >= 0.6 is 0 Å². The number of anilines is 2. The second-order valence-electron chi connectivity index (χ2n) is 7.53. The number of hydrogen-bond acceptors (Lipinski definition) is 6. The van der Waals surface area contributed by atoms with Crippen molar-refractivity contribution in [1.82, 2.24) is 14.9 Å². The van der Waals surface area contributed by atoms with E-state index in [1.54, 1.807) is 0 Å². The molecule has 142 valence electrons. The maximum Gasteiger partial charge on any atom is 0.251 e. The molecule has 0 aromatic carbocycles. The van der Waals surface area contributed by atoms with Crippen molar-refractivity contribution in [3.8, 4) is 0 Å². The lowest BCUT2D eigenvalue weighted by Crippen LogP contribution is -2.51. The van der Waals surface area contributed by atoms with E-state index in [1.807, 2.05) is 11.8 Å². The standard InChI is InChI=1S/C19H29N5O2/c1-15-14-17(21-19(20-15)24-7-3-2-4-8-24)22-9-11-23(12-10-22)18(25)16-6-5-13-26-16/h14,16H,2-13H2,1H3/t16-/m0/s1. The lowest BCUT2D eigenvalue weighted by Gasteiger charge is -2.37. The Balaban J connectivity index is 1.40. The Morgan fingerprint density at radius 1 is 1.00 bits per heavy atom. The summed E-state index contributed by atoms with van der Waals surface area (Å²) in [5, 5.41) is 0. The van der Waals surface area contributed by atoms with Gasteiger partial charge in [-0.15, -0.1) is 0 Å². The summed E-state index contributed by atoms with van der Waals surface area (Å²) in [7, 11) is 0. The van der Waals surface area contributed by atoms with Gasteiger partial charge >= 0.3 is 0 Å². The second-order valence-corrected chi connectivity index (χ2v) is 7.53. The summed E-state index contributed by atoms with van der Waals surface area (Å²) in [4.78, 5) is 28.5. The van der Waals surface area contributed by atoms with Crippen LogP contribution in [0.1, 0.15) is 37.8 Å². The molecule has 0 radical (unpaired) electrons. The number of nitrogens with zero attached hydrogens (tertiary/aromatic N) is 5. The Bertz CT molecular complexity index is 633. The summed E-state index contributed by atoms with van der Waals surface area (Å²) in [5.74, 6) is 2.01. The average Bonchev–Trinajstić information content (AvgIpc) is 3.22. The van der Waals surface area contributed by atoms with E-state index in [1.165, 1.54) is 19.3 Å². The maximum atomic E-state index is 12.5. The summed E-state index contributed by atoms with van der Waals surface area (Å²) in [6.07, 6.45) is 5.39. The smallest absolute Gasteiger partial charge is 0.251 e. The highest BCUT2D eigenvalue weighted by Gasteiger charge is 2.30. The number of amides is 1. The summed E-state index contributed by atoms with van der Waals surface area (Å²) in [5.41, 5.74) is 1.01. The Kier molecular flexibility index (Phi) is 5.24. The largest absolute Gasteiger partial charge is 0.368 e. The van der Waals surface area contributed by atoms with Crippen molar-refractivity contribution >= 4 is 17.7 Å². The van der Waals surface area contributed by atoms with E-state index < -0.39 is 0 Å². The number of piperidine rings is 1. The van der Waals surface area contributed by atoms with Gasteiger partial charge in [0.2, 0.25) is 5.95 Å². The lowest BCUT2D eigenvalue weighted by molar-refractivity contribution is -0.141. The number of aryl methyl sites for hydroxylation is 1.